The molecule has 0 fully saturated rings. The van der Waals surface area contributed by atoms with Gasteiger partial charge in [-0.15, -0.1) is 5.10 Å². The second-order valence-electron chi connectivity index (χ2n) is 3.91. The Morgan fingerprint density at radius 3 is 2.89 bits per heavy atom. The Balaban J connectivity index is 1.96. The van der Waals surface area contributed by atoms with E-state index in [4.69, 9.17) is 0 Å². The first-order chi connectivity index (χ1) is 8.69. The van der Waals surface area contributed by atoms with Gasteiger partial charge in [0.2, 0.25) is 5.82 Å². The topological polar surface area (TPSA) is 83.6 Å². The third-order valence-corrected chi connectivity index (χ3v) is 2.45. The van der Waals surface area contributed by atoms with E-state index in [-0.39, 0.29) is 11.7 Å². The van der Waals surface area contributed by atoms with Gasteiger partial charge in [-0.3, -0.25) is 14.9 Å². The van der Waals surface area contributed by atoms with Gasteiger partial charge in [0.25, 0.3) is 5.91 Å². The summed E-state index contributed by atoms with van der Waals surface area (Å²) in [7, 11) is 0. The van der Waals surface area contributed by atoms with Gasteiger partial charge in [0.1, 0.15) is 5.82 Å². The minimum atomic E-state index is -0.297. The maximum atomic E-state index is 11.7. The number of amides is 1. The summed E-state index contributed by atoms with van der Waals surface area (Å²) in [4.78, 5) is 20.1. The normalized spacial score (nSPS) is 10.3. The van der Waals surface area contributed by atoms with Crippen LogP contribution in [0.5, 0.6) is 0 Å². The maximum Gasteiger partial charge on any atom is 0.291 e. The number of nitrogens with one attached hydrogen (secondary N) is 2. The smallest absolute Gasteiger partial charge is 0.291 e. The van der Waals surface area contributed by atoms with Crippen LogP contribution in [0.3, 0.4) is 0 Å². The summed E-state index contributed by atoms with van der Waals surface area (Å²) in [5.41, 5.74) is 1.74. The maximum absolute atomic E-state index is 11.7. The SMILES string of the molecule is CCc1nc(C(=O)NCc2cccc(C)n2)n[nH]1. The number of aromatic amines is 1. The van der Waals surface area contributed by atoms with Crippen molar-refractivity contribution >= 4 is 5.91 Å². The van der Waals surface area contributed by atoms with Crippen LogP contribution in [0.1, 0.15) is 34.8 Å². The van der Waals surface area contributed by atoms with Gasteiger partial charge in [-0.2, -0.15) is 0 Å². The van der Waals surface area contributed by atoms with Gasteiger partial charge in [0, 0.05) is 12.1 Å². The molecule has 18 heavy (non-hydrogen) atoms. The first kappa shape index (κ1) is 12.2. The molecule has 0 saturated heterocycles. The van der Waals surface area contributed by atoms with Crippen molar-refractivity contribution in [3.8, 4) is 0 Å². The molecule has 94 valence electrons. The molecular formula is C12H15N5O. The number of aromatic nitrogens is 4. The summed E-state index contributed by atoms with van der Waals surface area (Å²) in [5, 5.41) is 9.29. The number of carbonyl (C=O) groups excluding carboxylic acids is 1. The molecule has 0 radical (unpaired) electrons. The first-order valence-corrected chi connectivity index (χ1v) is 5.81. The number of hydrogen-bond donors (Lipinski definition) is 2. The summed E-state index contributed by atoms with van der Waals surface area (Å²) in [6.45, 7) is 4.23. The number of hydrogen-bond acceptors (Lipinski definition) is 4. The lowest BCUT2D eigenvalue weighted by Crippen LogP contribution is -2.24. The monoisotopic (exact) mass is 245 g/mol. The third kappa shape index (κ3) is 2.91. The minimum Gasteiger partial charge on any atom is -0.344 e. The summed E-state index contributed by atoms with van der Waals surface area (Å²) in [6, 6.07) is 5.68. The van der Waals surface area contributed by atoms with Gasteiger partial charge < -0.3 is 5.32 Å². The van der Waals surface area contributed by atoms with E-state index in [0.29, 0.717) is 12.4 Å². The molecule has 0 aliphatic rings. The number of aryl methyl sites for hydroxylation is 2. The van der Waals surface area contributed by atoms with E-state index in [1.54, 1.807) is 0 Å². The van der Waals surface area contributed by atoms with E-state index in [1.165, 1.54) is 0 Å². The highest BCUT2D eigenvalue weighted by molar-refractivity contribution is 5.90. The van der Waals surface area contributed by atoms with Crippen molar-refractivity contribution < 1.29 is 4.79 Å². The first-order valence-electron chi connectivity index (χ1n) is 5.81. The predicted molar refractivity (Wildman–Crippen MR) is 65.9 cm³/mol. The van der Waals surface area contributed by atoms with Crippen molar-refractivity contribution in [3.63, 3.8) is 0 Å². The zero-order valence-electron chi connectivity index (χ0n) is 10.4. The van der Waals surface area contributed by atoms with Crippen molar-refractivity contribution in [1.29, 1.82) is 0 Å². The molecule has 0 aromatic carbocycles. The van der Waals surface area contributed by atoms with Gasteiger partial charge in [0.15, 0.2) is 0 Å². The molecule has 0 saturated carbocycles. The largest absolute Gasteiger partial charge is 0.344 e. The van der Waals surface area contributed by atoms with E-state index in [1.807, 2.05) is 32.0 Å². The molecule has 0 bridgehead atoms. The Bertz CT molecular complexity index is 549. The molecule has 2 aromatic rings. The predicted octanol–water partition coefficient (Wildman–Crippen LogP) is 1.00. The summed E-state index contributed by atoms with van der Waals surface area (Å²) >= 11 is 0. The molecule has 2 heterocycles. The molecule has 2 rings (SSSR count). The van der Waals surface area contributed by atoms with Crippen molar-refractivity contribution in [2.75, 3.05) is 0 Å². The molecule has 1 amide bonds. The van der Waals surface area contributed by atoms with Gasteiger partial charge in [0.05, 0.1) is 12.2 Å². The fraction of sp³-hybridized carbons (Fsp3) is 0.333. The lowest BCUT2D eigenvalue weighted by molar-refractivity contribution is 0.0940. The van der Waals surface area contributed by atoms with Crippen LogP contribution in [0.25, 0.3) is 0 Å². The van der Waals surface area contributed by atoms with Gasteiger partial charge in [-0.1, -0.05) is 13.0 Å². The van der Waals surface area contributed by atoms with Crippen molar-refractivity contribution in [2.45, 2.75) is 26.8 Å². The second-order valence-corrected chi connectivity index (χ2v) is 3.91. The molecule has 6 heteroatoms. The number of pyridine rings is 1. The highest BCUT2D eigenvalue weighted by atomic mass is 16.2. The number of H-pyrrole nitrogens is 1. The molecule has 0 aliphatic carbocycles. The molecule has 2 aromatic heterocycles. The summed E-state index contributed by atoms with van der Waals surface area (Å²) in [5.74, 6) is 0.572. The van der Waals surface area contributed by atoms with E-state index in [0.717, 1.165) is 17.8 Å². The Morgan fingerprint density at radius 1 is 1.39 bits per heavy atom. The Hall–Kier alpha value is -2.24. The van der Waals surface area contributed by atoms with Crippen LogP contribution in [0.4, 0.5) is 0 Å². The highest BCUT2D eigenvalue weighted by Crippen LogP contribution is 1.99. The molecular weight excluding hydrogens is 230 g/mol. The summed E-state index contributed by atoms with van der Waals surface area (Å²) < 4.78 is 0. The fourth-order valence-corrected chi connectivity index (χ4v) is 1.50. The Kier molecular flexibility index (Phi) is 3.66. The third-order valence-electron chi connectivity index (χ3n) is 2.45. The van der Waals surface area contributed by atoms with Crippen LogP contribution in [0.15, 0.2) is 18.2 Å². The lowest BCUT2D eigenvalue weighted by Gasteiger charge is -2.02. The lowest BCUT2D eigenvalue weighted by atomic mass is 10.3. The van der Waals surface area contributed by atoms with Crippen LogP contribution in [-0.2, 0) is 13.0 Å². The highest BCUT2D eigenvalue weighted by Gasteiger charge is 2.11. The second kappa shape index (κ2) is 5.39. The molecule has 0 aliphatic heterocycles. The van der Waals surface area contributed by atoms with E-state index in [2.05, 4.69) is 25.5 Å². The van der Waals surface area contributed by atoms with Gasteiger partial charge >= 0.3 is 0 Å². The number of rotatable bonds is 4. The van der Waals surface area contributed by atoms with Crippen LogP contribution >= 0.6 is 0 Å². The average molecular weight is 245 g/mol. The van der Waals surface area contributed by atoms with E-state index >= 15 is 0 Å². The zero-order valence-corrected chi connectivity index (χ0v) is 10.4. The summed E-state index contributed by atoms with van der Waals surface area (Å²) in [6.07, 6.45) is 0.722. The Morgan fingerprint density at radius 2 is 2.22 bits per heavy atom. The number of nitrogens with zero attached hydrogens (tertiary/aromatic N) is 3. The van der Waals surface area contributed by atoms with E-state index < -0.39 is 0 Å². The minimum absolute atomic E-state index is 0.166. The van der Waals surface area contributed by atoms with Gasteiger partial charge in [-0.05, 0) is 19.1 Å². The van der Waals surface area contributed by atoms with Gasteiger partial charge in [-0.25, -0.2) is 4.98 Å². The standard InChI is InChI=1S/C12H15N5O/c1-3-10-15-11(17-16-10)12(18)13-7-9-6-4-5-8(2)14-9/h4-6H,3,7H2,1-2H3,(H,13,18)(H,15,16,17). The average Bonchev–Trinajstić information content (AvgIpc) is 2.85. The van der Waals surface area contributed by atoms with E-state index in [9.17, 15) is 4.79 Å². The molecule has 6 nitrogen and oxygen atoms in total. The van der Waals surface area contributed by atoms with Crippen LogP contribution in [-0.4, -0.2) is 26.1 Å². The number of carbonyl (C=O) groups is 1. The van der Waals surface area contributed by atoms with Crippen LogP contribution in [0.2, 0.25) is 0 Å². The van der Waals surface area contributed by atoms with Crippen molar-refractivity contribution in [2.24, 2.45) is 0 Å². The van der Waals surface area contributed by atoms with Crippen molar-refractivity contribution in [1.82, 2.24) is 25.5 Å². The van der Waals surface area contributed by atoms with Crippen LogP contribution in [0, 0.1) is 6.92 Å². The molecule has 0 unspecified atom stereocenters. The molecule has 0 spiro atoms. The molecule has 0 atom stereocenters. The van der Waals surface area contributed by atoms with Crippen molar-refractivity contribution in [3.05, 3.63) is 41.2 Å². The molecule has 2 N–H and O–H groups in total. The fourth-order valence-electron chi connectivity index (χ4n) is 1.50. The zero-order chi connectivity index (χ0) is 13.0. The quantitative estimate of drug-likeness (QED) is 0.841. The Labute approximate surface area is 105 Å². The van der Waals surface area contributed by atoms with Crippen LogP contribution < -0.4 is 5.32 Å².